The van der Waals surface area contributed by atoms with E-state index in [1.807, 2.05) is 18.2 Å². The van der Waals surface area contributed by atoms with E-state index in [1.165, 1.54) is 11.7 Å². The molecule has 0 unspecified atom stereocenters. The lowest BCUT2D eigenvalue weighted by atomic mass is 10.3. The average Bonchev–Trinajstić information content (AvgIpc) is 3.20. The van der Waals surface area contributed by atoms with Crippen LogP contribution in [-0.4, -0.2) is 57.0 Å². The summed E-state index contributed by atoms with van der Waals surface area (Å²) in [5.41, 5.74) is 1.10. The molecule has 1 aliphatic heterocycles. The summed E-state index contributed by atoms with van der Waals surface area (Å²) in [6.07, 6.45) is -1.10. The number of para-hydroxylation sites is 1. The number of carbonyl (C=O) groups is 3. The van der Waals surface area contributed by atoms with E-state index in [9.17, 15) is 14.4 Å². The fourth-order valence-electron chi connectivity index (χ4n) is 2.41. The summed E-state index contributed by atoms with van der Waals surface area (Å²) >= 11 is 0. The van der Waals surface area contributed by atoms with E-state index in [0.29, 0.717) is 17.9 Å². The van der Waals surface area contributed by atoms with E-state index < -0.39 is 24.0 Å². The minimum atomic E-state index is -1.10. The monoisotopic (exact) mass is 343 g/mol. The van der Waals surface area contributed by atoms with Crippen molar-refractivity contribution < 1.29 is 19.1 Å². The number of benzene rings is 1. The standard InChI is InChI=1S/C16H17N5O4/c1-10-13(19-21(18-10)12-6-4-3-5-7-12)15(23)25-11(2)14(22)20-9-8-17-16(20)24/h3-7,11H,8-9H2,1-2H3,(H,17,24)/t11-/m0/s1. The molecule has 9 nitrogen and oxygen atoms in total. The van der Waals surface area contributed by atoms with E-state index in [1.54, 1.807) is 19.1 Å². The van der Waals surface area contributed by atoms with Gasteiger partial charge in [0.2, 0.25) is 0 Å². The molecule has 0 aliphatic carbocycles. The van der Waals surface area contributed by atoms with Gasteiger partial charge in [0.25, 0.3) is 5.91 Å². The maximum atomic E-state index is 12.3. The van der Waals surface area contributed by atoms with Crippen molar-refractivity contribution in [2.45, 2.75) is 20.0 Å². The van der Waals surface area contributed by atoms with E-state index in [2.05, 4.69) is 15.5 Å². The highest BCUT2D eigenvalue weighted by atomic mass is 16.5. The summed E-state index contributed by atoms with van der Waals surface area (Å²) in [7, 11) is 0. The van der Waals surface area contributed by atoms with Gasteiger partial charge in [-0.3, -0.25) is 9.69 Å². The summed E-state index contributed by atoms with van der Waals surface area (Å²) in [6.45, 7) is 3.69. The van der Waals surface area contributed by atoms with Crippen LogP contribution in [0.15, 0.2) is 30.3 Å². The number of nitrogens with zero attached hydrogens (tertiary/aromatic N) is 4. The summed E-state index contributed by atoms with van der Waals surface area (Å²) in [4.78, 5) is 38.4. The van der Waals surface area contributed by atoms with Gasteiger partial charge in [-0.1, -0.05) is 18.2 Å². The molecular weight excluding hydrogens is 326 g/mol. The number of rotatable bonds is 4. The zero-order valence-corrected chi connectivity index (χ0v) is 13.8. The van der Waals surface area contributed by atoms with Crippen LogP contribution in [0.4, 0.5) is 4.79 Å². The summed E-state index contributed by atoms with van der Waals surface area (Å²) in [5.74, 6) is -1.34. The summed E-state index contributed by atoms with van der Waals surface area (Å²) in [5, 5.41) is 10.8. The number of aryl methyl sites for hydroxylation is 1. The second-order valence-corrected chi connectivity index (χ2v) is 5.53. The van der Waals surface area contributed by atoms with E-state index in [4.69, 9.17) is 4.74 Å². The van der Waals surface area contributed by atoms with Crippen molar-refractivity contribution in [3.8, 4) is 5.69 Å². The minimum Gasteiger partial charge on any atom is -0.448 e. The Balaban J connectivity index is 1.72. The Morgan fingerprint density at radius 2 is 1.96 bits per heavy atom. The zero-order chi connectivity index (χ0) is 18.0. The minimum absolute atomic E-state index is 0.0226. The third-order valence-corrected chi connectivity index (χ3v) is 3.72. The topological polar surface area (TPSA) is 106 Å². The highest BCUT2D eigenvalue weighted by molar-refractivity contribution is 5.99. The molecule has 3 rings (SSSR count). The van der Waals surface area contributed by atoms with Gasteiger partial charge in [0.1, 0.15) is 0 Å². The first-order chi connectivity index (χ1) is 12.0. The Hall–Kier alpha value is -3.23. The van der Waals surface area contributed by atoms with Crippen molar-refractivity contribution >= 4 is 17.9 Å². The fourth-order valence-corrected chi connectivity index (χ4v) is 2.41. The number of ether oxygens (including phenoxy) is 1. The third kappa shape index (κ3) is 3.35. The number of nitrogens with one attached hydrogen (secondary N) is 1. The molecule has 0 bridgehead atoms. The SMILES string of the molecule is Cc1nn(-c2ccccc2)nc1C(=O)O[C@@H](C)C(=O)N1CCNC1=O. The van der Waals surface area contributed by atoms with Gasteiger partial charge in [-0.2, -0.15) is 9.90 Å². The van der Waals surface area contributed by atoms with Crippen LogP contribution >= 0.6 is 0 Å². The fraction of sp³-hybridized carbons (Fsp3) is 0.312. The number of amides is 3. The summed E-state index contributed by atoms with van der Waals surface area (Å²) in [6, 6.07) is 8.62. The number of urea groups is 1. The molecule has 2 aromatic rings. The van der Waals surface area contributed by atoms with Crippen LogP contribution in [0.1, 0.15) is 23.1 Å². The second-order valence-electron chi connectivity index (χ2n) is 5.53. The van der Waals surface area contributed by atoms with Crippen LogP contribution < -0.4 is 5.32 Å². The lowest BCUT2D eigenvalue weighted by Crippen LogP contribution is -2.41. The molecule has 1 atom stereocenters. The first kappa shape index (κ1) is 16.6. The highest BCUT2D eigenvalue weighted by Crippen LogP contribution is 2.11. The lowest BCUT2D eigenvalue weighted by molar-refractivity contribution is -0.136. The third-order valence-electron chi connectivity index (χ3n) is 3.72. The van der Waals surface area contributed by atoms with Crippen molar-refractivity contribution in [1.29, 1.82) is 0 Å². The molecule has 2 heterocycles. The number of esters is 1. The highest BCUT2D eigenvalue weighted by Gasteiger charge is 2.32. The van der Waals surface area contributed by atoms with Crippen LogP contribution in [-0.2, 0) is 9.53 Å². The molecule has 1 aliphatic rings. The molecule has 1 N–H and O–H groups in total. The molecule has 130 valence electrons. The molecule has 1 saturated heterocycles. The summed E-state index contributed by atoms with van der Waals surface area (Å²) < 4.78 is 5.16. The Bertz CT molecular complexity index is 817. The molecule has 25 heavy (non-hydrogen) atoms. The van der Waals surface area contributed by atoms with Crippen LogP contribution in [0, 0.1) is 6.92 Å². The Morgan fingerprint density at radius 3 is 2.60 bits per heavy atom. The van der Waals surface area contributed by atoms with Gasteiger partial charge in [-0.05, 0) is 26.0 Å². The van der Waals surface area contributed by atoms with Gasteiger partial charge in [-0.15, -0.1) is 5.10 Å². The van der Waals surface area contributed by atoms with Crippen molar-refractivity contribution in [3.63, 3.8) is 0 Å². The molecule has 0 radical (unpaired) electrons. The van der Waals surface area contributed by atoms with Crippen molar-refractivity contribution in [1.82, 2.24) is 25.2 Å². The van der Waals surface area contributed by atoms with Gasteiger partial charge in [0.05, 0.1) is 11.4 Å². The zero-order valence-electron chi connectivity index (χ0n) is 13.8. The number of aromatic nitrogens is 3. The van der Waals surface area contributed by atoms with Gasteiger partial charge in [0, 0.05) is 13.1 Å². The number of hydrogen-bond donors (Lipinski definition) is 1. The smallest absolute Gasteiger partial charge is 0.361 e. The van der Waals surface area contributed by atoms with Gasteiger partial charge >= 0.3 is 12.0 Å². The van der Waals surface area contributed by atoms with Crippen molar-refractivity contribution in [2.75, 3.05) is 13.1 Å². The molecule has 9 heteroatoms. The molecule has 3 amide bonds. The Morgan fingerprint density at radius 1 is 1.24 bits per heavy atom. The average molecular weight is 343 g/mol. The molecule has 1 aromatic carbocycles. The quantitative estimate of drug-likeness (QED) is 0.818. The van der Waals surface area contributed by atoms with E-state index in [0.717, 1.165) is 4.90 Å². The van der Waals surface area contributed by atoms with E-state index >= 15 is 0 Å². The van der Waals surface area contributed by atoms with Crippen molar-refractivity contribution in [2.24, 2.45) is 0 Å². The second kappa shape index (κ2) is 6.71. The first-order valence-corrected chi connectivity index (χ1v) is 7.77. The van der Waals surface area contributed by atoms with Crippen LogP contribution in [0.25, 0.3) is 5.69 Å². The predicted molar refractivity (Wildman–Crippen MR) is 86.1 cm³/mol. The van der Waals surface area contributed by atoms with Gasteiger partial charge in [0.15, 0.2) is 11.8 Å². The van der Waals surface area contributed by atoms with Crippen LogP contribution in [0.2, 0.25) is 0 Å². The predicted octanol–water partition coefficient (Wildman–Crippen LogP) is 0.673. The molecule has 1 aromatic heterocycles. The van der Waals surface area contributed by atoms with Crippen molar-refractivity contribution in [3.05, 3.63) is 41.7 Å². The van der Waals surface area contributed by atoms with Crippen LogP contribution in [0.3, 0.4) is 0 Å². The lowest BCUT2D eigenvalue weighted by Gasteiger charge is -2.17. The molecule has 0 spiro atoms. The Kier molecular flexibility index (Phi) is 4.46. The first-order valence-electron chi connectivity index (χ1n) is 7.77. The molecule has 1 fully saturated rings. The number of imide groups is 1. The largest absolute Gasteiger partial charge is 0.448 e. The number of hydrogen-bond acceptors (Lipinski definition) is 6. The molecular formula is C16H17N5O4. The Labute approximate surface area is 143 Å². The number of carbonyl (C=O) groups excluding carboxylic acids is 3. The maximum absolute atomic E-state index is 12.3. The van der Waals surface area contributed by atoms with Gasteiger partial charge < -0.3 is 10.1 Å². The van der Waals surface area contributed by atoms with Crippen LogP contribution in [0.5, 0.6) is 0 Å². The normalized spacial score (nSPS) is 15.0. The maximum Gasteiger partial charge on any atom is 0.361 e. The van der Waals surface area contributed by atoms with E-state index in [-0.39, 0.29) is 12.2 Å². The van der Waals surface area contributed by atoms with Gasteiger partial charge in [-0.25, -0.2) is 9.59 Å². The molecule has 0 saturated carbocycles.